The van der Waals surface area contributed by atoms with E-state index in [1.54, 1.807) is 0 Å². The van der Waals surface area contributed by atoms with Crippen molar-refractivity contribution in [1.82, 2.24) is 0 Å². The smallest absolute Gasteiger partial charge is 0.377 e. The standard InChI is InChI=1S/C8H5FO3/c9-6-4-2-1-3-5(6)7(10)8(11)12/h1-4H,(H,11,12)/i7+1. The molecule has 0 bridgehead atoms. The lowest BCUT2D eigenvalue weighted by Gasteiger charge is -1.95. The minimum absolute atomic E-state index is 0.412. The van der Waals surface area contributed by atoms with Crippen LogP contribution in [0.3, 0.4) is 0 Å². The van der Waals surface area contributed by atoms with Crippen molar-refractivity contribution in [3.8, 4) is 0 Å². The van der Waals surface area contributed by atoms with Crippen molar-refractivity contribution in [2.45, 2.75) is 0 Å². The molecule has 0 aliphatic heterocycles. The lowest BCUT2D eigenvalue weighted by molar-refractivity contribution is -0.131. The number of hydrogen-bond donors (Lipinski definition) is 1. The Balaban J connectivity index is 3.11. The molecule has 0 heterocycles. The van der Waals surface area contributed by atoms with Gasteiger partial charge in [0.05, 0.1) is 5.56 Å². The third kappa shape index (κ3) is 1.47. The second-order valence-corrected chi connectivity index (χ2v) is 2.11. The van der Waals surface area contributed by atoms with Gasteiger partial charge in [-0.05, 0) is 12.1 Å². The Morgan fingerprint density at radius 2 is 1.83 bits per heavy atom. The second kappa shape index (κ2) is 3.13. The second-order valence-electron chi connectivity index (χ2n) is 2.11. The molecule has 0 spiro atoms. The van der Waals surface area contributed by atoms with Gasteiger partial charge in [-0.1, -0.05) is 12.1 Å². The maximum atomic E-state index is 12.7. The molecule has 0 saturated heterocycles. The molecule has 0 saturated carbocycles. The number of hydrogen-bond acceptors (Lipinski definition) is 2. The first-order valence-corrected chi connectivity index (χ1v) is 3.15. The third-order valence-corrected chi connectivity index (χ3v) is 1.31. The van der Waals surface area contributed by atoms with Crippen molar-refractivity contribution >= 4 is 11.8 Å². The normalized spacial score (nSPS) is 9.42. The molecule has 12 heavy (non-hydrogen) atoms. The zero-order valence-electron chi connectivity index (χ0n) is 5.95. The molecule has 0 aliphatic carbocycles. The summed E-state index contributed by atoms with van der Waals surface area (Å²) in [6.45, 7) is 0. The maximum absolute atomic E-state index is 12.7. The van der Waals surface area contributed by atoms with Crippen LogP contribution >= 0.6 is 0 Å². The van der Waals surface area contributed by atoms with E-state index in [2.05, 4.69) is 0 Å². The first-order chi connectivity index (χ1) is 5.63. The van der Waals surface area contributed by atoms with Crippen LogP contribution in [-0.4, -0.2) is 16.9 Å². The first-order valence-electron chi connectivity index (χ1n) is 3.15. The van der Waals surface area contributed by atoms with E-state index in [9.17, 15) is 14.0 Å². The predicted molar refractivity (Wildman–Crippen MR) is 38.4 cm³/mol. The molecule has 0 radical (unpaired) electrons. The largest absolute Gasteiger partial charge is 0.475 e. The number of carbonyl (C=O) groups excluding carboxylic acids is 1. The van der Waals surface area contributed by atoms with Crippen LogP contribution in [0.4, 0.5) is 4.39 Å². The summed E-state index contributed by atoms with van der Waals surface area (Å²) in [5.74, 6) is -3.70. The van der Waals surface area contributed by atoms with Gasteiger partial charge in [0.25, 0.3) is 5.78 Å². The van der Waals surface area contributed by atoms with Crippen LogP contribution < -0.4 is 0 Å². The third-order valence-electron chi connectivity index (χ3n) is 1.31. The zero-order chi connectivity index (χ0) is 9.14. The number of ketones is 1. The number of carbonyl (C=O) groups is 2. The molecule has 0 amide bonds. The van der Waals surface area contributed by atoms with Crippen molar-refractivity contribution in [2.75, 3.05) is 0 Å². The van der Waals surface area contributed by atoms with Crippen molar-refractivity contribution < 1.29 is 19.1 Å². The van der Waals surface area contributed by atoms with Gasteiger partial charge in [0.2, 0.25) is 0 Å². The van der Waals surface area contributed by atoms with E-state index in [0.717, 1.165) is 12.1 Å². The fraction of sp³-hybridized carbons (Fsp3) is 0. The van der Waals surface area contributed by atoms with Gasteiger partial charge in [0, 0.05) is 0 Å². The molecular formula is C8H5FO3. The molecule has 62 valence electrons. The molecule has 0 unspecified atom stereocenters. The molecule has 0 fully saturated rings. The molecular weight excluding hydrogens is 164 g/mol. The molecule has 0 atom stereocenters. The highest BCUT2D eigenvalue weighted by Crippen LogP contribution is 2.06. The number of halogens is 1. The van der Waals surface area contributed by atoms with Crippen LogP contribution in [-0.2, 0) is 4.79 Å². The molecule has 3 nitrogen and oxygen atoms in total. The molecule has 0 aliphatic rings. The van der Waals surface area contributed by atoms with Crippen LogP contribution in [0.25, 0.3) is 0 Å². The number of carboxylic acid groups (broad SMARTS) is 1. The Morgan fingerprint density at radius 3 is 2.33 bits per heavy atom. The average molecular weight is 169 g/mol. The number of benzene rings is 1. The van der Waals surface area contributed by atoms with Crippen molar-refractivity contribution in [3.63, 3.8) is 0 Å². The Morgan fingerprint density at radius 1 is 1.25 bits per heavy atom. The van der Waals surface area contributed by atoms with Crippen LogP contribution in [0.5, 0.6) is 0 Å². The van der Waals surface area contributed by atoms with Crippen molar-refractivity contribution in [1.29, 1.82) is 0 Å². The van der Waals surface area contributed by atoms with Gasteiger partial charge < -0.3 is 5.11 Å². The highest BCUT2D eigenvalue weighted by molar-refractivity contribution is 6.39. The van der Waals surface area contributed by atoms with Crippen molar-refractivity contribution in [2.24, 2.45) is 0 Å². The molecule has 1 aromatic carbocycles. The summed E-state index contributed by atoms with van der Waals surface area (Å²) in [6, 6.07) is 4.95. The van der Waals surface area contributed by atoms with E-state index >= 15 is 0 Å². The van der Waals surface area contributed by atoms with E-state index in [4.69, 9.17) is 5.11 Å². The Bertz CT molecular complexity index is 333. The molecule has 1 aromatic rings. The maximum Gasteiger partial charge on any atom is 0.377 e. The average Bonchev–Trinajstić information content (AvgIpc) is 2.04. The summed E-state index contributed by atoms with van der Waals surface area (Å²) < 4.78 is 12.7. The highest BCUT2D eigenvalue weighted by atomic mass is 19.1. The fourth-order valence-corrected chi connectivity index (χ4v) is 0.761. The lowest BCUT2D eigenvalue weighted by atomic mass is 10.2. The molecule has 4 heteroatoms. The Kier molecular flexibility index (Phi) is 2.19. The topological polar surface area (TPSA) is 54.4 Å². The van der Waals surface area contributed by atoms with Gasteiger partial charge >= 0.3 is 5.97 Å². The number of rotatable bonds is 2. The number of carboxylic acids is 1. The van der Waals surface area contributed by atoms with Gasteiger partial charge in [-0.25, -0.2) is 9.18 Å². The highest BCUT2D eigenvalue weighted by Gasteiger charge is 2.17. The Labute approximate surface area is 67.4 Å². The van der Waals surface area contributed by atoms with Gasteiger partial charge in [-0.2, -0.15) is 0 Å². The van der Waals surface area contributed by atoms with Crippen LogP contribution in [0.15, 0.2) is 24.3 Å². The van der Waals surface area contributed by atoms with E-state index in [1.807, 2.05) is 0 Å². The predicted octanol–water partition coefficient (Wildman–Crippen LogP) is 1.09. The fourth-order valence-electron chi connectivity index (χ4n) is 0.761. The zero-order valence-corrected chi connectivity index (χ0v) is 5.95. The van der Waals surface area contributed by atoms with Gasteiger partial charge in [-0.3, -0.25) is 4.79 Å². The van der Waals surface area contributed by atoms with E-state index in [1.165, 1.54) is 12.1 Å². The molecule has 0 aromatic heterocycles. The number of Topliss-reactive ketones (excluding diaryl/α,β-unsaturated/α-hetero) is 1. The first kappa shape index (κ1) is 8.39. The SMILES string of the molecule is O=C(O)[13C](=O)c1ccccc1F. The quantitative estimate of drug-likeness (QED) is 0.409. The lowest BCUT2D eigenvalue weighted by Crippen LogP contribution is -2.14. The Hall–Kier alpha value is -1.71. The number of aliphatic carboxylic acids is 1. The monoisotopic (exact) mass is 169 g/mol. The van der Waals surface area contributed by atoms with Gasteiger partial charge in [0.1, 0.15) is 5.82 Å². The van der Waals surface area contributed by atoms with E-state index < -0.39 is 23.1 Å². The summed E-state index contributed by atoms with van der Waals surface area (Å²) in [6.07, 6.45) is 0. The summed E-state index contributed by atoms with van der Waals surface area (Å²) >= 11 is 0. The molecule has 1 N–H and O–H groups in total. The summed E-state index contributed by atoms with van der Waals surface area (Å²) in [5.41, 5.74) is -0.412. The van der Waals surface area contributed by atoms with Gasteiger partial charge in [0.15, 0.2) is 0 Å². The summed E-state index contributed by atoms with van der Waals surface area (Å²) in [4.78, 5) is 20.9. The summed E-state index contributed by atoms with van der Waals surface area (Å²) in [5, 5.41) is 8.24. The van der Waals surface area contributed by atoms with Crippen LogP contribution in [0.1, 0.15) is 10.4 Å². The van der Waals surface area contributed by atoms with Crippen LogP contribution in [0, 0.1) is 5.82 Å². The minimum atomic E-state index is -1.65. The summed E-state index contributed by atoms with van der Waals surface area (Å²) in [7, 11) is 0. The van der Waals surface area contributed by atoms with Gasteiger partial charge in [-0.15, -0.1) is 0 Å². The van der Waals surface area contributed by atoms with E-state index in [-0.39, 0.29) is 0 Å². The van der Waals surface area contributed by atoms with Crippen LogP contribution in [0.2, 0.25) is 0 Å². The van der Waals surface area contributed by atoms with Crippen molar-refractivity contribution in [3.05, 3.63) is 35.6 Å². The molecule has 1 rings (SSSR count). The minimum Gasteiger partial charge on any atom is -0.475 e. The van der Waals surface area contributed by atoms with E-state index in [0.29, 0.717) is 0 Å².